The molecule has 1 aromatic rings. The van der Waals surface area contributed by atoms with Crippen molar-refractivity contribution >= 4 is 11.6 Å². The van der Waals surface area contributed by atoms with Gasteiger partial charge in [-0.2, -0.15) is 0 Å². The van der Waals surface area contributed by atoms with Crippen LogP contribution in [0.25, 0.3) is 0 Å². The first-order valence-corrected chi connectivity index (χ1v) is 5.39. The fourth-order valence-electron chi connectivity index (χ4n) is 0.950. The molecule has 0 bridgehead atoms. The molecule has 0 aliphatic heterocycles. The Balaban J connectivity index is 2.10. The molecule has 0 spiro atoms. The van der Waals surface area contributed by atoms with Crippen molar-refractivity contribution in [3.8, 4) is 5.88 Å². The number of hydrogen-bond acceptors (Lipinski definition) is 4. The van der Waals surface area contributed by atoms with Crippen molar-refractivity contribution < 1.29 is 9.47 Å². The molecule has 15 heavy (non-hydrogen) atoms. The third kappa shape index (κ3) is 5.54. The van der Waals surface area contributed by atoms with E-state index >= 15 is 0 Å². The lowest BCUT2D eigenvalue weighted by Gasteiger charge is -2.05. The first-order chi connectivity index (χ1) is 7.33. The van der Waals surface area contributed by atoms with Crippen LogP contribution in [0.4, 0.5) is 0 Å². The second-order valence-corrected chi connectivity index (χ2v) is 3.38. The van der Waals surface area contributed by atoms with E-state index in [0.717, 1.165) is 19.4 Å². The number of hydrogen-bond donors (Lipinski definition) is 0. The SMILES string of the molecule is CCCCOCCOc1cc(Cl)ncn1. The van der Waals surface area contributed by atoms with Gasteiger partial charge >= 0.3 is 0 Å². The summed E-state index contributed by atoms with van der Waals surface area (Å²) in [6, 6.07) is 1.58. The van der Waals surface area contributed by atoms with Gasteiger partial charge in [0.1, 0.15) is 18.1 Å². The third-order valence-electron chi connectivity index (χ3n) is 1.73. The Morgan fingerprint density at radius 1 is 1.27 bits per heavy atom. The zero-order valence-electron chi connectivity index (χ0n) is 8.78. The summed E-state index contributed by atoms with van der Waals surface area (Å²) in [4.78, 5) is 7.65. The van der Waals surface area contributed by atoms with Crippen molar-refractivity contribution in [3.05, 3.63) is 17.5 Å². The van der Waals surface area contributed by atoms with Crippen LogP contribution >= 0.6 is 11.6 Å². The minimum Gasteiger partial charge on any atom is -0.475 e. The number of halogens is 1. The topological polar surface area (TPSA) is 44.2 Å². The van der Waals surface area contributed by atoms with Crippen LogP contribution in [-0.2, 0) is 4.74 Å². The number of nitrogens with zero attached hydrogens (tertiary/aromatic N) is 2. The average Bonchev–Trinajstić information content (AvgIpc) is 2.23. The highest BCUT2D eigenvalue weighted by atomic mass is 35.5. The van der Waals surface area contributed by atoms with Gasteiger partial charge < -0.3 is 9.47 Å². The molecule has 1 aromatic heterocycles. The molecule has 0 aliphatic rings. The molecule has 4 nitrogen and oxygen atoms in total. The molecule has 1 rings (SSSR count). The molecule has 0 unspecified atom stereocenters. The largest absolute Gasteiger partial charge is 0.475 e. The average molecular weight is 231 g/mol. The Hall–Kier alpha value is -0.870. The van der Waals surface area contributed by atoms with Gasteiger partial charge in [0.15, 0.2) is 0 Å². The Bertz CT molecular complexity index is 284. The molecule has 1 heterocycles. The van der Waals surface area contributed by atoms with Gasteiger partial charge in [0, 0.05) is 12.7 Å². The summed E-state index contributed by atoms with van der Waals surface area (Å²) in [6.07, 6.45) is 3.59. The van der Waals surface area contributed by atoms with Crippen LogP contribution in [0.1, 0.15) is 19.8 Å². The highest BCUT2D eigenvalue weighted by Gasteiger charge is 1.96. The molecule has 0 amide bonds. The summed E-state index contributed by atoms with van der Waals surface area (Å²) in [6.45, 7) is 3.96. The summed E-state index contributed by atoms with van der Waals surface area (Å²) in [5.41, 5.74) is 0. The summed E-state index contributed by atoms with van der Waals surface area (Å²) >= 11 is 5.66. The van der Waals surface area contributed by atoms with Gasteiger partial charge in [-0.05, 0) is 6.42 Å². The number of unbranched alkanes of at least 4 members (excludes halogenated alkanes) is 1. The van der Waals surface area contributed by atoms with Crippen molar-refractivity contribution in [1.29, 1.82) is 0 Å². The van der Waals surface area contributed by atoms with Crippen LogP contribution in [-0.4, -0.2) is 29.8 Å². The monoisotopic (exact) mass is 230 g/mol. The smallest absolute Gasteiger partial charge is 0.217 e. The van der Waals surface area contributed by atoms with E-state index in [0.29, 0.717) is 24.2 Å². The van der Waals surface area contributed by atoms with E-state index < -0.39 is 0 Å². The number of rotatable bonds is 7. The summed E-state index contributed by atoms with van der Waals surface area (Å²) in [5, 5.41) is 0.381. The molecule has 0 atom stereocenters. The van der Waals surface area contributed by atoms with Crippen molar-refractivity contribution in [2.45, 2.75) is 19.8 Å². The summed E-state index contributed by atoms with van der Waals surface area (Å²) in [5.74, 6) is 0.481. The second-order valence-electron chi connectivity index (χ2n) is 2.99. The van der Waals surface area contributed by atoms with Crippen LogP contribution in [0.15, 0.2) is 12.4 Å². The lowest BCUT2D eigenvalue weighted by molar-refractivity contribution is 0.0965. The molecule has 84 valence electrons. The van der Waals surface area contributed by atoms with E-state index in [9.17, 15) is 0 Å². The first-order valence-electron chi connectivity index (χ1n) is 5.01. The Kier molecular flexibility index (Phi) is 6.04. The van der Waals surface area contributed by atoms with E-state index in [-0.39, 0.29) is 0 Å². The van der Waals surface area contributed by atoms with Gasteiger partial charge in [0.2, 0.25) is 5.88 Å². The molecule has 0 aromatic carbocycles. The van der Waals surface area contributed by atoms with Crippen LogP contribution in [0.3, 0.4) is 0 Å². The maximum atomic E-state index is 5.66. The Morgan fingerprint density at radius 2 is 2.13 bits per heavy atom. The van der Waals surface area contributed by atoms with E-state index in [4.69, 9.17) is 21.1 Å². The van der Waals surface area contributed by atoms with Crippen LogP contribution in [0.2, 0.25) is 5.15 Å². The van der Waals surface area contributed by atoms with E-state index in [1.165, 1.54) is 6.33 Å². The maximum absolute atomic E-state index is 5.66. The molecular weight excluding hydrogens is 216 g/mol. The van der Waals surface area contributed by atoms with Gasteiger partial charge in [-0.25, -0.2) is 9.97 Å². The summed E-state index contributed by atoms with van der Waals surface area (Å²) < 4.78 is 10.6. The molecule has 0 radical (unpaired) electrons. The molecule has 0 fully saturated rings. The van der Waals surface area contributed by atoms with Gasteiger partial charge in [-0.3, -0.25) is 0 Å². The highest BCUT2D eigenvalue weighted by molar-refractivity contribution is 6.29. The second kappa shape index (κ2) is 7.43. The molecule has 0 saturated heterocycles. The van der Waals surface area contributed by atoms with Gasteiger partial charge in [0.05, 0.1) is 6.61 Å². The Morgan fingerprint density at radius 3 is 2.87 bits per heavy atom. The fourth-order valence-corrected chi connectivity index (χ4v) is 1.09. The maximum Gasteiger partial charge on any atom is 0.217 e. The standard InChI is InChI=1S/C10H15ClN2O2/c1-2-3-4-14-5-6-15-10-7-9(11)12-8-13-10/h7-8H,2-6H2,1H3. The molecule has 0 saturated carbocycles. The van der Waals surface area contributed by atoms with Crippen molar-refractivity contribution in [2.75, 3.05) is 19.8 Å². The minimum absolute atomic E-state index is 0.381. The zero-order chi connectivity index (χ0) is 10.9. The van der Waals surface area contributed by atoms with E-state index in [2.05, 4.69) is 16.9 Å². The van der Waals surface area contributed by atoms with Crippen LogP contribution in [0, 0.1) is 0 Å². The van der Waals surface area contributed by atoms with Gasteiger partial charge in [-0.15, -0.1) is 0 Å². The molecule has 0 aliphatic carbocycles. The predicted molar refractivity (Wildman–Crippen MR) is 58.3 cm³/mol. The lowest BCUT2D eigenvalue weighted by atomic mass is 10.4. The molecule has 5 heteroatoms. The first kappa shape index (κ1) is 12.2. The van der Waals surface area contributed by atoms with Crippen molar-refractivity contribution in [3.63, 3.8) is 0 Å². The minimum atomic E-state index is 0.381. The Labute approximate surface area is 94.6 Å². The zero-order valence-corrected chi connectivity index (χ0v) is 9.54. The quantitative estimate of drug-likeness (QED) is 0.533. The highest BCUT2D eigenvalue weighted by Crippen LogP contribution is 2.10. The van der Waals surface area contributed by atoms with Crippen molar-refractivity contribution in [2.24, 2.45) is 0 Å². The van der Waals surface area contributed by atoms with Gasteiger partial charge in [0.25, 0.3) is 0 Å². The fraction of sp³-hybridized carbons (Fsp3) is 0.600. The van der Waals surface area contributed by atoms with E-state index in [1.807, 2.05) is 0 Å². The normalized spacial score (nSPS) is 10.3. The van der Waals surface area contributed by atoms with Crippen LogP contribution < -0.4 is 4.74 Å². The number of aromatic nitrogens is 2. The molecule has 0 N–H and O–H groups in total. The third-order valence-corrected chi connectivity index (χ3v) is 1.94. The van der Waals surface area contributed by atoms with E-state index in [1.54, 1.807) is 6.07 Å². The summed E-state index contributed by atoms with van der Waals surface area (Å²) in [7, 11) is 0. The van der Waals surface area contributed by atoms with Crippen molar-refractivity contribution in [1.82, 2.24) is 9.97 Å². The van der Waals surface area contributed by atoms with Gasteiger partial charge in [-0.1, -0.05) is 24.9 Å². The molecular formula is C10H15ClN2O2. The number of ether oxygens (including phenoxy) is 2. The lowest BCUT2D eigenvalue weighted by Crippen LogP contribution is -2.08. The van der Waals surface area contributed by atoms with Crippen LogP contribution in [0.5, 0.6) is 5.88 Å². The predicted octanol–water partition coefficient (Wildman–Crippen LogP) is 2.33.